The second-order valence-corrected chi connectivity index (χ2v) is 5.62. The summed E-state index contributed by atoms with van der Waals surface area (Å²) in [6.45, 7) is 5.67. The molecule has 1 fully saturated rings. The van der Waals surface area contributed by atoms with Crippen molar-refractivity contribution in [2.75, 3.05) is 60.1 Å². The molecule has 0 aromatic heterocycles. The highest BCUT2D eigenvalue weighted by Crippen LogP contribution is 2.24. The maximum Gasteiger partial charge on any atom is 0.119 e. The quantitative estimate of drug-likeness (QED) is 0.811. The van der Waals surface area contributed by atoms with E-state index in [2.05, 4.69) is 21.9 Å². The number of nitrogens with two attached hydrogens (primary N) is 1. The Labute approximate surface area is 127 Å². The van der Waals surface area contributed by atoms with E-state index in [0.29, 0.717) is 13.2 Å². The summed E-state index contributed by atoms with van der Waals surface area (Å²) in [6, 6.07) is 8.54. The van der Waals surface area contributed by atoms with Crippen molar-refractivity contribution >= 4 is 0 Å². The molecule has 0 amide bonds. The first-order valence-electron chi connectivity index (χ1n) is 7.60. The molecule has 1 atom stereocenters. The van der Waals surface area contributed by atoms with Gasteiger partial charge in [0.05, 0.1) is 13.2 Å². The van der Waals surface area contributed by atoms with Gasteiger partial charge in [-0.1, -0.05) is 12.1 Å². The first-order valence-corrected chi connectivity index (χ1v) is 7.60. The Morgan fingerprint density at radius 3 is 2.76 bits per heavy atom. The van der Waals surface area contributed by atoms with Crippen molar-refractivity contribution in [1.29, 1.82) is 0 Å². The van der Waals surface area contributed by atoms with E-state index in [1.54, 1.807) is 0 Å². The zero-order chi connectivity index (χ0) is 15.1. The van der Waals surface area contributed by atoms with Crippen LogP contribution in [0.2, 0.25) is 0 Å². The lowest BCUT2D eigenvalue weighted by molar-refractivity contribution is 0.0178. The molecule has 118 valence electrons. The van der Waals surface area contributed by atoms with E-state index >= 15 is 0 Å². The van der Waals surface area contributed by atoms with Gasteiger partial charge in [0, 0.05) is 32.2 Å². The SMILES string of the molecule is CN(C)CCOc1cccc(C(CN)N2CCOCC2)c1. The van der Waals surface area contributed by atoms with Crippen LogP contribution in [0.3, 0.4) is 0 Å². The molecule has 0 saturated carbocycles. The van der Waals surface area contributed by atoms with Crippen LogP contribution in [0.5, 0.6) is 5.75 Å². The van der Waals surface area contributed by atoms with Crippen LogP contribution in [0.4, 0.5) is 0 Å². The van der Waals surface area contributed by atoms with Gasteiger partial charge in [0.2, 0.25) is 0 Å². The predicted molar refractivity (Wildman–Crippen MR) is 84.7 cm³/mol. The van der Waals surface area contributed by atoms with Crippen molar-refractivity contribution in [3.63, 3.8) is 0 Å². The maximum absolute atomic E-state index is 6.00. The number of likely N-dealkylation sites (N-methyl/N-ethyl adjacent to an activating group) is 1. The molecule has 5 nitrogen and oxygen atoms in total. The fourth-order valence-electron chi connectivity index (χ4n) is 2.54. The van der Waals surface area contributed by atoms with Crippen molar-refractivity contribution in [2.24, 2.45) is 5.73 Å². The Morgan fingerprint density at radius 1 is 1.33 bits per heavy atom. The standard InChI is InChI=1S/C16H27N3O2/c1-18(2)6-11-21-15-5-3-4-14(12-15)16(13-17)19-7-9-20-10-8-19/h3-5,12,16H,6-11,13,17H2,1-2H3. The number of rotatable bonds is 7. The lowest BCUT2D eigenvalue weighted by Gasteiger charge is -2.34. The van der Waals surface area contributed by atoms with Crippen molar-refractivity contribution in [1.82, 2.24) is 9.80 Å². The summed E-state index contributed by atoms with van der Waals surface area (Å²) in [5, 5.41) is 0. The van der Waals surface area contributed by atoms with Gasteiger partial charge in [-0.2, -0.15) is 0 Å². The molecule has 5 heteroatoms. The predicted octanol–water partition coefficient (Wildman–Crippen LogP) is 0.959. The molecule has 1 aliphatic heterocycles. The average molecular weight is 293 g/mol. The molecule has 1 aromatic carbocycles. The molecule has 1 unspecified atom stereocenters. The molecule has 1 aromatic rings. The van der Waals surface area contributed by atoms with Crippen LogP contribution in [0.1, 0.15) is 11.6 Å². The summed E-state index contributed by atoms with van der Waals surface area (Å²) in [7, 11) is 4.09. The molecule has 21 heavy (non-hydrogen) atoms. The molecule has 0 spiro atoms. The summed E-state index contributed by atoms with van der Waals surface area (Å²) < 4.78 is 11.2. The summed E-state index contributed by atoms with van der Waals surface area (Å²) >= 11 is 0. The van der Waals surface area contributed by atoms with E-state index in [0.717, 1.165) is 38.6 Å². The van der Waals surface area contributed by atoms with E-state index in [9.17, 15) is 0 Å². The van der Waals surface area contributed by atoms with Gasteiger partial charge in [0.1, 0.15) is 12.4 Å². The van der Waals surface area contributed by atoms with E-state index in [-0.39, 0.29) is 6.04 Å². The van der Waals surface area contributed by atoms with Crippen LogP contribution in [0.25, 0.3) is 0 Å². The summed E-state index contributed by atoms with van der Waals surface area (Å²) in [4.78, 5) is 4.50. The zero-order valence-electron chi connectivity index (χ0n) is 13.1. The van der Waals surface area contributed by atoms with Crippen molar-refractivity contribution in [3.05, 3.63) is 29.8 Å². The first kappa shape index (κ1) is 16.2. The highest BCUT2D eigenvalue weighted by molar-refractivity contribution is 5.31. The van der Waals surface area contributed by atoms with Crippen LogP contribution < -0.4 is 10.5 Å². The number of hydrogen-bond donors (Lipinski definition) is 1. The number of ether oxygens (including phenoxy) is 2. The van der Waals surface area contributed by atoms with Crippen LogP contribution in [0, 0.1) is 0 Å². The fourth-order valence-corrected chi connectivity index (χ4v) is 2.54. The lowest BCUT2D eigenvalue weighted by Crippen LogP contribution is -2.41. The monoisotopic (exact) mass is 293 g/mol. The van der Waals surface area contributed by atoms with Crippen molar-refractivity contribution in [2.45, 2.75) is 6.04 Å². The second kappa shape index (κ2) is 8.34. The number of hydrogen-bond acceptors (Lipinski definition) is 5. The van der Waals surface area contributed by atoms with Gasteiger partial charge in [-0.15, -0.1) is 0 Å². The van der Waals surface area contributed by atoms with E-state index < -0.39 is 0 Å². The molecule has 1 saturated heterocycles. The number of benzene rings is 1. The van der Waals surface area contributed by atoms with Gasteiger partial charge in [0.25, 0.3) is 0 Å². The maximum atomic E-state index is 6.00. The number of nitrogens with zero attached hydrogens (tertiary/aromatic N) is 2. The van der Waals surface area contributed by atoms with Gasteiger partial charge in [0.15, 0.2) is 0 Å². The van der Waals surface area contributed by atoms with Crippen LogP contribution >= 0.6 is 0 Å². The third kappa shape index (κ3) is 4.97. The second-order valence-electron chi connectivity index (χ2n) is 5.62. The van der Waals surface area contributed by atoms with Gasteiger partial charge in [-0.05, 0) is 31.8 Å². The molecule has 2 N–H and O–H groups in total. The van der Waals surface area contributed by atoms with Crippen molar-refractivity contribution in [3.8, 4) is 5.75 Å². The Hall–Kier alpha value is -1.14. The molecule has 0 aliphatic carbocycles. The molecule has 2 rings (SSSR count). The topological polar surface area (TPSA) is 51.0 Å². The van der Waals surface area contributed by atoms with E-state index in [4.69, 9.17) is 15.2 Å². The van der Waals surface area contributed by atoms with Crippen LogP contribution in [-0.2, 0) is 4.74 Å². The Balaban J connectivity index is 2.00. The Morgan fingerprint density at radius 2 is 2.10 bits per heavy atom. The molecule has 1 aliphatic rings. The third-order valence-electron chi connectivity index (χ3n) is 3.76. The summed E-state index contributed by atoms with van der Waals surface area (Å²) in [6.07, 6.45) is 0. The molecule has 0 radical (unpaired) electrons. The zero-order valence-corrected chi connectivity index (χ0v) is 13.1. The molecule has 0 bridgehead atoms. The third-order valence-corrected chi connectivity index (χ3v) is 3.76. The minimum Gasteiger partial charge on any atom is -0.492 e. The van der Waals surface area contributed by atoms with Crippen LogP contribution in [-0.4, -0.2) is 69.9 Å². The Bertz CT molecular complexity index is 420. The summed E-state index contributed by atoms with van der Waals surface area (Å²) in [5.74, 6) is 0.918. The van der Waals surface area contributed by atoms with Gasteiger partial charge < -0.3 is 20.1 Å². The smallest absolute Gasteiger partial charge is 0.119 e. The molecular weight excluding hydrogens is 266 g/mol. The van der Waals surface area contributed by atoms with Gasteiger partial charge in [-0.3, -0.25) is 4.90 Å². The highest BCUT2D eigenvalue weighted by Gasteiger charge is 2.21. The van der Waals surface area contributed by atoms with Crippen molar-refractivity contribution < 1.29 is 9.47 Å². The lowest BCUT2D eigenvalue weighted by atomic mass is 10.0. The average Bonchev–Trinajstić information content (AvgIpc) is 2.49. The summed E-state index contributed by atoms with van der Waals surface area (Å²) in [5.41, 5.74) is 7.22. The van der Waals surface area contributed by atoms with E-state index in [1.165, 1.54) is 5.56 Å². The Kier molecular flexibility index (Phi) is 6.45. The van der Waals surface area contributed by atoms with Gasteiger partial charge >= 0.3 is 0 Å². The van der Waals surface area contributed by atoms with Crippen LogP contribution in [0.15, 0.2) is 24.3 Å². The highest BCUT2D eigenvalue weighted by atomic mass is 16.5. The minimum absolute atomic E-state index is 0.242. The fraction of sp³-hybridized carbons (Fsp3) is 0.625. The van der Waals surface area contributed by atoms with Gasteiger partial charge in [-0.25, -0.2) is 0 Å². The molecular formula is C16H27N3O2. The first-order chi connectivity index (χ1) is 10.2. The molecule has 1 heterocycles. The largest absolute Gasteiger partial charge is 0.492 e. The normalized spacial score (nSPS) is 17.9. The minimum atomic E-state index is 0.242. The number of morpholine rings is 1. The van der Waals surface area contributed by atoms with E-state index in [1.807, 2.05) is 26.2 Å².